The molecule has 0 aliphatic heterocycles. The van der Waals surface area contributed by atoms with Gasteiger partial charge in [-0.05, 0) is 18.6 Å². The molecular formula is C15H17N5O. The van der Waals surface area contributed by atoms with Gasteiger partial charge < -0.3 is 15.2 Å². The first-order valence-corrected chi connectivity index (χ1v) is 7.01. The van der Waals surface area contributed by atoms with Crippen molar-refractivity contribution in [2.75, 3.05) is 17.2 Å². The van der Waals surface area contributed by atoms with E-state index in [1.807, 2.05) is 30.3 Å². The molecule has 3 aromatic rings. The Hall–Kier alpha value is -2.63. The molecule has 0 fully saturated rings. The van der Waals surface area contributed by atoms with Crippen LogP contribution in [0, 0.1) is 0 Å². The van der Waals surface area contributed by atoms with E-state index < -0.39 is 0 Å². The number of nitrogens with one attached hydrogen (secondary N) is 2. The Morgan fingerprint density at radius 1 is 1.10 bits per heavy atom. The third kappa shape index (κ3) is 3.10. The first kappa shape index (κ1) is 13.4. The van der Waals surface area contributed by atoms with E-state index >= 15 is 0 Å². The Kier molecular flexibility index (Phi) is 3.95. The monoisotopic (exact) mass is 283 g/mol. The zero-order valence-electron chi connectivity index (χ0n) is 11.8. The number of aromatic nitrogens is 3. The average Bonchev–Trinajstić information content (AvgIpc) is 3.04. The lowest BCUT2D eigenvalue weighted by molar-refractivity contribution is 0.388. The number of hydrogen-bond acceptors (Lipinski definition) is 6. The van der Waals surface area contributed by atoms with Crippen LogP contribution in [-0.4, -0.2) is 21.7 Å². The molecule has 0 unspecified atom stereocenters. The smallest absolute Gasteiger partial charge is 0.225 e. The van der Waals surface area contributed by atoms with Gasteiger partial charge in [0.15, 0.2) is 5.76 Å². The fraction of sp³-hybridized carbons (Fsp3) is 0.267. The molecule has 0 saturated carbocycles. The maximum atomic E-state index is 5.09. The van der Waals surface area contributed by atoms with Gasteiger partial charge >= 0.3 is 0 Å². The quantitative estimate of drug-likeness (QED) is 0.724. The van der Waals surface area contributed by atoms with E-state index in [1.54, 1.807) is 6.20 Å². The molecular weight excluding hydrogens is 266 g/mol. The molecule has 3 rings (SSSR count). The van der Waals surface area contributed by atoms with E-state index in [0.717, 1.165) is 35.4 Å². The minimum Gasteiger partial charge on any atom is -0.362 e. The van der Waals surface area contributed by atoms with Gasteiger partial charge in [-0.15, -0.1) is 0 Å². The van der Waals surface area contributed by atoms with Crippen molar-refractivity contribution < 1.29 is 4.52 Å². The van der Waals surface area contributed by atoms with E-state index in [0.29, 0.717) is 12.5 Å². The molecule has 0 aliphatic rings. The molecule has 0 saturated heterocycles. The van der Waals surface area contributed by atoms with Crippen LogP contribution in [-0.2, 0) is 6.54 Å². The molecule has 108 valence electrons. The van der Waals surface area contributed by atoms with Crippen LogP contribution in [0.5, 0.6) is 0 Å². The van der Waals surface area contributed by atoms with Gasteiger partial charge in [0.05, 0.1) is 18.3 Å². The predicted molar refractivity (Wildman–Crippen MR) is 82.1 cm³/mol. The molecule has 0 bridgehead atoms. The summed E-state index contributed by atoms with van der Waals surface area (Å²) in [4.78, 5) is 9.06. The molecule has 1 aromatic carbocycles. The second-order valence-corrected chi connectivity index (χ2v) is 4.67. The SMILES string of the molecule is CCCNc1nc(NCc2ccno2)c2ccccc2n1. The summed E-state index contributed by atoms with van der Waals surface area (Å²) in [6, 6.07) is 9.76. The topological polar surface area (TPSA) is 75.9 Å². The van der Waals surface area contributed by atoms with E-state index in [9.17, 15) is 0 Å². The van der Waals surface area contributed by atoms with E-state index in [-0.39, 0.29) is 0 Å². The molecule has 2 heterocycles. The van der Waals surface area contributed by atoms with Crippen LogP contribution in [0.3, 0.4) is 0 Å². The molecule has 0 spiro atoms. The van der Waals surface area contributed by atoms with E-state index in [4.69, 9.17) is 4.52 Å². The van der Waals surface area contributed by atoms with Gasteiger partial charge in [-0.3, -0.25) is 0 Å². The van der Waals surface area contributed by atoms with Crippen LogP contribution in [0.1, 0.15) is 19.1 Å². The highest BCUT2D eigenvalue weighted by atomic mass is 16.5. The van der Waals surface area contributed by atoms with Crippen LogP contribution in [0.2, 0.25) is 0 Å². The average molecular weight is 283 g/mol. The Balaban J connectivity index is 1.90. The highest BCUT2D eigenvalue weighted by molar-refractivity contribution is 5.89. The number of hydrogen-bond donors (Lipinski definition) is 2. The van der Waals surface area contributed by atoms with Gasteiger partial charge in [0, 0.05) is 18.0 Å². The number of anilines is 2. The van der Waals surface area contributed by atoms with Crippen LogP contribution >= 0.6 is 0 Å². The Morgan fingerprint density at radius 2 is 2.00 bits per heavy atom. The molecule has 21 heavy (non-hydrogen) atoms. The number of para-hydroxylation sites is 1. The van der Waals surface area contributed by atoms with Gasteiger partial charge in [0.2, 0.25) is 5.95 Å². The zero-order valence-corrected chi connectivity index (χ0v) is 11.8. The van der Waals surface area contributed by atoms with Crippen molar-refractivity contribution in [3.05, 3.63) is 42.3 Å². The summed E-state index contributed by atoms with van der Waals surface area (Å²) in [5.41, 5.74) is 0.908. The van der Waals surface area contributed by atoms with Crippen molar-refractivity contribution in [1.82, 2.24) is 15.1 Å². The molecule has 0 aliphatic carbocycles. The third-order valence-corrected chi connectivity index (χ3v) is 3.06. The third-order valence-electron chi connectivity index (χ3n) is 3.06. The number of benzene rings is 1. The highest BCUT2D eigenvalue weighted by Crippen LogP contribution is 2.22. The van der Waals surface area contributed by atoms with Crippen molar-refractivity contribution in [2.24, 2.45) is 0 Å². The highest BCUT2D eigenvalue weighted by Gasteiger charge is 2.07. The molecule has 2 N–H and O–H groups in total. The molecule has 0 radical (unpaired) electrons. The molecule has 0 atom stereocenters. The zero-order chi connectivity index (χ0) is 14.5. The molecule has 6 nitrogen and oxygen atoms in total. The lowest BCUT2D eigenvalue weighted by atomic mass is 10.2. The largest absolute Gasteiger partial charge is 0.362 e. The second-order valence-electron chi connectivity index (χ2n) is 4.67. The van der Waals surface area contributed by atoms with Gasteiger partial charge in [0.25, 0.3) is 0 Å². The predicted octanol–water partition coefficient (Wildman–Crippen LogP) is 3.05. The van der Waals surface area contributed by atoms with Crippen molar-refractivity contribution in [3.63, 3.8) is 0 Å². The standard InChI is InChI=1S/C15H17N5O/c1-2-8-16-15-19-13-6-4-3-5-12(13)14(20-15)17-10-11-7-9-18-21-11/h3-7,9H,2,8,10H2,1H3,(H2,16,17,19,20). The van der Waals surface area contributed by atoms with E-state index in [1.165, 1.54) is 0 Å². The molecule has 0 amide bonds. The number of rotatable bonds is 6. The minimum atomic E-state index is 0.536. The van der Waals surface area contributed by atoms with E-state index in [2.05, 4.69) is 32.7 Å². The first-order valence-electron chi connectivity index (χ1n) is 7.01. The van der Waals surface area contributed by atoms with Gasteiger partial charge in [0.1, 0.15) is 5.82 Å². The Labute approximate surface area is 122 Å². The summed E-state index contributed by atoms with van der Waals surface area (Å²) < 4.78 is 5.09. The number of nitrogens with zero attached hydrogens (tertiary/aromatic N) is 3. The van der Waals surface area contributed by atoms with Crippen LogP contribution < -0.4 is 10.6 Å². The summed E-state index contributed by atoms with van der Waals surface area (Å²) in [7, 11) is 0. The molecule has 2 aromatic heterocycles. The summed E-state index contributed by atoms with van der Waals surface area (Å²) in [6.07, 6.45) is 2.65. The fourth-order valence-corrected chi connectivity index (χ4v) is 2.03. The van der Waals surface area contributed by atoms with Crippen molar-refractivity contribution >= 4 is 22.7 Å². The lowest BCUT2D eigenvalue weighted by Gasteiger charge is -2.10. The summed E-state index contributed by atoms with van der Waals surface area (Å²) >= 11 is 0. The van der Waals surface area contributed by atoms with Crippen molar-refractivity contribution in [1.29, 1.82) is 0 Å². The Morgan fingerprint density at radius 3 is 2.81 bits per heavy atom. The van der Waals surface area contributed by atoms with Gasteiger partial charge in [-0.1, -0.05) is 24.2 Å². The second kappa shape index (κ2) is 6.21. The van der Waals surface area contributed by atoms with Gasteiger partial charge in [-0.25, -0.2) is 4.98 Å². The van der Waals surface area contributed by atoms with Gasteiger partial charge in [-0.2, -0.15) is 4.98 Å². The maximum Gasteiger partial charge on any atom is 0.225 e. The number of fused-ring (bicyclic) bond motifs is 1. The first-order chi connectivity index (χ1) is 10.4. The lowest BCUT2D eigenvalue weighted by Crippen LogP contribution is -2.08. The molecule has 6 heteroatoms. The van der Waals surface area contributed by atoms with Crippen LogP contribution in [0.4, 0.5) is 11.8 Å². The normalized spacial score (nSPS) is 10.7. The van der Waals surface area contributed by atoms with Crippen molar-refractivity contribution in [3.8, 4) is 0 Å². The summed E-state index contributed by atoms with van der Waals surface area (Å²) in [5, 5.41) is 11.2. The van der Waals surface area contributed by atoms with Crippen LogP contribution in [0.25, 0.3) is 10.9 Å². The fourth-order valence-electron chi connectivity index (χ4n) is 2.03. The van der Waals surface area contributed by atoms with Crippen molar-refractivity contribution in [2.45, 2.75) is 19.9 Å². The maximum absolute atomic E-state index is 5.09. The Bertz CT molecular complexity index is 711. The minimum absolute atomic E-state index is 0.536. The van der Waals surface area contributed by atoms with Crippen LogP contribution in [0.15, 0.2) is 41.1 Å². The summed E-state index contributed by atoms with van der Waals surface area (Å²) in [6.45, 7) is 3.49. The summed E-state index contributed by atoms with van der Waals surface area (Å²) in [5.74, 6) is 2.19.